The number of rotatable bonds is 3. The first kappa shape index (κ1) is 14.4. The minimum absolute atomic E-state index is 0.509. The molecular formula is C18H14Cl2O. The van der Waals surface area contributed by atoms with E-state index >= 15 is 0 Å². The summed E-state index contributed by atoms with van der Waals surface area (Å²) in [5.41, 5.74) is 1.87. The molecule has 1 unspecified atom stereocenters. The highest BCUT2D eigenvalue weighted by Crippen LogP contribution is 2.27. The molecule has 0 radical (unpaired) electrons. The molecule has 1 atom stereocenters. The Bertz CT molecular complexity index is 783. The Labute approximate surface area is 133 Å². The van der Waals surface area contributed by atoms with Crippen molar-refractivity contribution in [1.82, 2.24) is 0 Å². The van der Waals surface area contributed by atoms with Crippen LogP contribution in [-0.2, 0) is 6.42 Å². The molecule has 21 heavy (non-hydrogen) atoms. The highest BCUT2D eigenvalue weighted by Gasteiger charge is 2.10. The first-order valence-electron chi connectivity index (χ1n) is 6.74. The van der Waals surface area contributed by atoms with Crippen LogP contribution in [0.4, 0.5) is 0 Å². The molecule has 0 heterocycles. The van der Waals surface area contributed by atoms with E-state index in [0.29, 0.717) is 16.5 Å². The summed E-state index contributed by atoms with van der Waals surface area (Å²) in [4.78, 5) is 0. The summed E-state index contributed by atoms with van der Waals surface area (Å²) in [6.45, 7) is 0. The minimum atomic E-state index is -0.563. The second-order valence-corrected chi connectivity index (χ2v) is 5.89. The lowest BCUT2D eigenvalue weighted by molar-refractivity contribution is 0.178. The summed E-state index contributed by atoms with van der Waals surface area (Å²) < 4.78 is 0. The summed E-state index contributed by atoms with van der Waals surface area (Å²) in [7, 11) is 0. The number of halogens is 2. The van der Waals surface area contributed by atoms with Gasteiger partial charge in [0.2, 0.25) is 0 Å². The van der Waals surface area contributed by atoms with Crippen molar-refractivity contribution >= 4 is 34.0 Å². The molecule has 0 saturated carbocycles. The van der Waals surface area contributed by atoms with Crippen molar-refractivity contribution in [2.24, 2.45) is 0 Å². The normalized spacial score (nSPS) is 12.5. The lowest BCUT2D eigenvalue weighted by Gasteiger charge is -2.12. The van der Waals surface area contributed by atoms with Gasteiger partial charge >= 0.3 is 0 Å². The topological polar surface area (TPSA) is 20.2 Å². The van der Waals surface area contributed by atoms with Gasteiger partial charge in [-0.25, -0.2) is 0 Å². The molecule has 0 aliphatic heterocycles. The Morgan fingerprint density at radius 3 is 2.33 bits per heavy atom. The fraction of sp³-hybridized carbons (Fsp3) is 0.111. The van der Waals surface area contributed by atoms with Crippen molar-refractivity contribution in [2.75, 3.05) is 0 Å². The van der Waals surface area contributed by atoms with E-state index in [2.05, 4.69) is 6.07 Å². The smallest absolute Gasteiger partial charge is 0.0830 e. The predicted octanol–water partition coefficient (Wildman–Crippen LogP) is 5.42. The molecule has 0 aliphatic carbocycles. The van der Waals surface area contributed by atoms with E-state index in [1.807, 2.05) is 42.5 Å². The zero-order valence-corrected chi connectivity index (χ0v) is 12.8. The number of aliphatic hydroxyl groups is 1. The molecule has 1 N–H and O–H groups in total. The van der Waals surface area contributed by atoms with Crippen molar-refractivity contribution in [3.05, 3.63) is 81.8 Å². The van der Waals surface area contributed by atoms with Gasteiger partial charge in [-0.1, -0.05) is 65.7 Å². The van der Waals surface area contributed by atoms with Crippen LogP contribution in [0.3, 0.4) is 0 Å². The van der Waals surface area contributed by atoms with Gasteiger partial charge in [0.15, 0.2) is 0 Å². The minimum Gasteiger partial charge on any atom is -0.388 e. The molecule has 3 rings (SSSR count). The van der Waals surface area contributed by atoms with Gasteiger partial charge in [-0.2, -0.15) is 0 Å². The summed E-state index contributed by atoms with van der Waals surface area (Å²) in [6, 6.07) is 19.6. The standard InChI is InChI=1S/C18H14Cl2O/c19-16-8-5-12(9-17(16)20)10-18(21)15-7-6-13-3-1-2-4-14(13)11-15/h1-9,11,18,21H,10H2. The predicted molar refractivity (Wildman–Crippen MR) is 89.1 cm³/mol. The van der Waals surface area contributed by atoms with E-state index in [-0.39, 0.29) is 0 Å². The fourth-order valence-corrected chi connectivity index (χ4v) is 2.74. The van der Waals surface area contributed by atoms with Gasteiger partial charge in [0, 0.05) is 6.42 Å². The number of fused-ring (bicyclic) bond motifs is 1. The maximum atomic E-state index is 10.4. The monoisotopic (exact) mass is 316 g/mol. The maximum absolute atomic E-state index is 10.4. The van der Waals surface area contributed by atoms with Crippen molar-refractivity contribution in [3.8, 4) is 0 Å². The fourth-order valence-electron chi connectivity index (χ4n) is 2.42. The Morgan fingerprint density at radius 1 is 0.810 bits per heavy atom. The molecular weight excluding hydrogens is 303 g/mol. The summed E-state index contributed by atoms with van der Waals surface area (Å²) >= 11 is 11.9. The van der Waals surface area contributed by atoms with Crippen LogP contribution in [0, 0.1) is 0 Å². The number of aliphatic hydroxyl groups excluding tert-OH is 1. The third-order valence-electron chi connectivity index (χ3n) is 3.57. The van der Waals surface area contributed by atoms with Crippen molar-refractivity contribution in [1.29, 1.82) is 0 Å². The largest absolute Gasteiger partial charge is 0.388 e. The van der Waals surface area contributed by atoms with Gasteiger partial charge in [-0.3, -0.25) is 0 Å². The summed E-state index contributed by atoms with van der Waals surface area (Å²) in [5.74, 6) is 0. The number of hydrogen-bond acceptors (Lipinski definition) is 1. The molecule has 0 fully saturated rings. The highest BCUT2D eigenvalue weighted by atomic mass is 35.5. The SMILES string of the molecule is OC(Cc1ccc(Cl)c(Cl)c1)c1ccc2ccccc2c1. The molecule has 3 heteroatoms. The van der Waals surface area contributed by atoms with Gasteiger partial charge in [0.05, 0.1) is 16.1 Å². The Kier molecular flexibility index (Phi) is 4.16. The van der Waals surface area contributed by atoms with Crippen molar-refractivity contribution in [2.45, 2.75) is 12.5 Å². The molecule has 3 aromatic rings. The Morgan fingerprint density at radius 2 is 1.57 bits per heavy atom. The molecule has 106 valence electrons. The zero-order chi connectivity index (χ0) is 14.8. The van der Waals surface area contributed by atoms with Crippen LogP contribution in [0.25, 0.3) is 10.8 Å². The molecule has 0 spiro atoms. The number of benzene rings is 3. The van der Waals surface area contributed by atoms with E-state index in [1.165, 1.54) is 5.39 Å². The number of hydrogen-bond donors (Lipinski definition) is 1. The van der Waals surface area contributed by atoms with Gasteiger partial charge in [0.25, 0.3) is 0 Å². The van der Waals surface area contributed by atoms with E-state index in [9.17, 15) is 5.11 Å². The van der Waals surface area contributed by atoms with Crippen LogP contribution in [0.5, 0.6) is 0 Å². The molecule has 0 aliphatic rings. The van der Waals surface area contributed by atoms with Crippen LogP contribution in [0.1, 0.15) is 17.2 Å². The van der Waals surface area contributed by atoms with Crippen LogP contribution >= 0.6 is 23.2 Å². The van der Waals surface area contributed by atoms with Gasteiger partial charge < -0.3 is 5.11 Å². The van der Waals surface area contributed by atoms with Crippen LogP contribution in [0.2, 0.25) is 10.0 Å². The van der Waals surface area contributed by atoms with Crippen molar-refractivity contribution < 1.29 is 5.11 Å². The van der Waals surface area contributed by atoms with E-state index < -0.39 is 6.10 Å². The first-order chi connectivity index (χ1) is 10.1. The molecule has 0 bridgehead atoms. The zero-order valence-electron chi connectivity index (χ0n) is 11.3. The lowest BCUT2D eigenvalue weighted by atomic mass is 9.99. The molecule has 0 aromatic heterocycles. The average molecular weight is 317 g/mol. The van der Waals surface area contributed by atoms with Crippen LogP contribution < -0.4 is 0 Å². The average Bonchev–Trinajstić information content (AvgIpc) is 2.50. The lowest BCUT2D eigenvalue weighted by Crippen LogP contribution is -2.01. The van der Waals surface area contributed by atoms with Crippen LogP contribution in [0.15, 0.2) is 60.7 Å². The Balaban J connectivity index is 1.85. The summed E-state index contributed by atoms with van der Waals surface area (Å²) in [6.07, 6.45) is -0.0539. The summed E-state index contributed by atoms with van der Waals surface area (Å²) in [5, 5.41) is 13.8. The second-order valence-electron chi connectivity index (χ2n) is 5.07. The molecule has 1 nitrogen and oxygen atoms in total. The Hall–Kier alpha value is -1.54. The quantitative estimate of drug-likeness (QED) is 0.683. The third kappa shape index (κ3) is 3.21. The first-order valence-corrected chi connectivity index (χ1v) is 7.50. The molecule has 0 amide bonds. The second kappa shape index (κ2) is 6.07. The maximum Gasteiger partial charge on any atom is 0.0830 e. The van der Waals surface area contributed by atoms with Gasteiger partial charge in [0.1, 0.15) is 0 Å². The third-order valence-corrected chi connectivity index (χ3v) is 4.31. The van der Waals surface area contributed by atoms with Gasteiger partial charge in [-0.05, 0) is 40.1 Å². The van der Waals surface area contributed by atoms with Crippen LogP contribution in [-0.4, -0.2) is 5.11 Å². The highest BCUT2D eigenvalue weighted by molar-refractivity contribution is 6.42. The van der Waals surface area contributed by atoms with Gasteiger partial charge in [-0.15, -0.1) is 0 Å². The molecule has 3 aromatic carbocycles. The van der Waals surface area contributed by atoms with E-state index in [0.717, 1.165) is 16.5 Å². The van der Waals surface area contributed by atoms with Crippen molar-refractivity contribution in [3.63, 3.8) is 0 Å². The molecule has 0 saturated heterocycles. The van der Waals surface area contributed by atoms with E-state index in [4.69, 9.17) is 23.2 Å². The van der Waals surface area contributed by atoms with E-state index in [1.54, 1.807) is 12.1 Å².